The molecule has 0 spiro atoms. The Hall–Kier alpha value is -2.00. The molecular formula is C25H36NO2+. The Balaban J connectivity index is 1.45. The van der Waals surface area contributed by atoms with Gasteiger partial charge in [-0.05, 0) is 49.9 Å². The van der Waals surface area contributed by atoms with Crippen LogP contribution in [0.5, 0.6) is 11.5 Å². The number of likely N-dealkylation sites (tertiary alicyclic amines) is 1. The normalized spacial score (nSPS) is 15.9. The molecule has 1 saturated heterocycles. The van der Waals surface area contributed by atoms with Crippen LogP contribution in [0.15, 0.2) is 54.6 Å². The van der Waals surface area contributed by atoms with Gasteiger partial charge in [-0.15, -0.1) is 0 Å². The summed E-state index contributed by atoms with van der Waals surface area (Å²) in [7, 11) is 0. The predicted molar refractivity (Wildman–Crippen MR) is 116 cm³/mol. The zero-order valence-electron chi connectivity index (χ0n) is 17.4. The van der Waals surface area contributed by atoms with Crippen molar-refractivity contribution >= 4 is 0 Å². The monoisotopic (exact) mass is 382 g/mol. The Morgan fingerprint density at radius 3 is 1.96 bits per heavy atom. The minimum absolute atomic E-state index is 0.783. The van der Waals surface area contributed by atoms with E-state index in [-0.39, 0.29) is 0 Å². The highest BCUT2D eigenvalue weighted by atomic mass is 16.5. The van der Waals surface area contributed by atoms with Crippen molar-refractivity contribution in [2.24, 2.45) is 0 Å². The van der Waals surface area contributed by atoms with Crippen molar-refractivity contribution in [2.75, 3.05) is 32.8 Å². The van der Waals surface area contributed by atoms with Crippen LogP contribution in [0.3, 0.4) is 0 Å². The van der Waals surface area contributed by atoms with Crippen LogP contribution in [0.2, 0.25) is 0 Å². The topological polar surface area (TPSA) is 18.5 Å². The average Bonchev–Trinajstić information content (AvgIpc) is 2.74. The van der Waals surface area contributed by atoms with Crippen molar-refractivity contribution in [1.82, 2.24) is 0 Å². The standard InChI is InChI=1S/C25H36NO2/c1-2-3-20-27-24-13-15-25(16-14-24)28-21-10-19-26(17-8-5-9-18-26)22-23-11-6-4-7-12-23/h4,6-7,11-16H,2-3,5,8-10,17-22H2,1H3/q+1. The van der Waals surface area contributed by atoms with Crippen LogP contribution in [-0.2, 0) is 6.54 Å². The third-order valence-corrected chi connectivity index (χ3v) is 5.76. The molecule has 0 aliphatic carbocycles. The molecule has 1 aliphatic rings. The zero-order chi connectivity index (χ0) is 19.5. The summed E-state index contributed by atoms with van der Waals surface area (Å²) in [5.74, 6) is 1.87. The number of piperidine rings is 1. The molecule has 0 N–H and O–H groups in total. The van der Waals surface area contributed by atoms with Crippen LogP contribution in [0, 0.1) is 0 Å². The van der Waals surface area contributed by atoms with Gasteiger partial charge in [0.1, 0.15) is 18.0 Å². The fraction of sp³-hybridized carbons (Fsp3) is 0.520. The van der Waals surface area contributed by atoms with E-state index in [1.54, 1.807) is 0 Å². The van der Waals surface area contributed by atoms with Gasteiger partial charge in [-0.25, -0.2) is 0 Å². The summed E-state index contributed by atoms with van der Waals surface area (Å²) in [4.78, 5) is 0. The smallest absolute Gasteiger partial charge is 0.119 e. The number of hydrogen-bond acceptors (Lipinski definition) is 2. The second-order valence-corrected chi connectivity index (χ2v) is 8.09. The molecule has 2 aromatic carbocycles. The molecular weight excluding hydrogens is 346 g/mol. The fourth-order valence-electron chi connectivity index (χ4n) is 4.17. The lowest BCUT2D eigenvalue weighted by molar-refractivity contribution is -0.945. The van der Waals surface area contributed by atoms with E-state index in [9.17, 15) is 0 Å². The number of nitrogens with zero attached hydrogens (tertiary/aromatic N) is 1. The van der Waals surface area contributed by atoms with Crippen LogP contribution in [0.1, 0.15) is 51.0 Å². The highest BCUT2D eigenvalue weighted by Crippen LogP contribution is 2.24. The maximum Gasteiger partial charge on any atom is 0.119 e. The van der Waals surface area contributed by atoms with Gasteiger partial charge in [0, 0.05) is 12.0 Å². The lowest BCUT2D eigenvalue weighted by Crippen LogP contribution is -2.51. The molecule has 3 rings (SSSR count). The van der Waals surface area contributed by atoms with Gasteiger partial charge in [-0.1, -0.05) is 43.7 Å². The van der Waals surface area contributed by atoms with Crippen molar-refractivity contribution < 1.29 is 14.0 Å². The summed E-state index contributed by atoms with van der Waals surface area (Å²) in [5, 5.41) is 0. The number of benzene rings is 2. The van der Waals surface area contributed by atoms with Crippen LogP contribution >= 0.6 is 0 Å². The predicted octanol–water partition coefficient (Wildman–Crippen LogP) is 5.84. The van der Waals surface area contributed by atoms with Crippen molar-refractivity contribution in [3.05, 3.63) is 60.2 Å². The first kappa shape index (κ1) is 20.7. The second-order valence-electron chi connectivity index (χ2n) is 8.09. The van der Waals surface area contributed by atoms with Gasteiger partial charge in [0.25, 0.3) is 0 Å². The minimum atomic E-state index is 0.783. The number of rotatable bonds is 11. The summed E-state index contributed by atoms with van der Waals surface area (Å²) < 4.78 is 12.9. The average molecular weight is 383 g/mol. The Morgan fingerprint density at radius 2 is 1.36 bits per heavy atom. The van der Waals surface area contributed by atoms with Gasteiger partial charge in [0.2, 0.25) is 0 Å². The van der Waals surface area contributed by atoms with Crippen LogP contribution in [0.25, 0.3) is 0 Å². The molecule has 1 heterocycles. The van der Waals surface area contributed by atoms with Crippen LogP contribution < -0.4 is 9.47 Å². The Morgan fingerprint density at radius 1 is 0.750 bits per heavy atom. The van der Waals surface area contributed by atoms with Crippen molar-refractivity contribution in [2.45, 2.75) is 52.0 Å². The molecule has 1 fully saturated rings. The summed E-state index contributed by atoms with van der Waals surface area (Å²) in [6.45, 7) is 8.72. The largest absolute Gasteiger partial charge is 0.494 e. The third kappa shape index (κ3) is 6.56. The van der Waals surface area contributed by atoms with E-state index < -0.39 is 0 Å². The quantitative estimate of drug-likeness (QED) is 0.359. The summed E-state index contributed by atoms with van der Waals surface area (Å²) in [5.41, 5.74) is 1.46. The molecule has 3 heteroatoms. The Labute approximate surface area is 170 Å². The number of unbranched alkanes of at least 4 members (excludes halogenated alkanes) is 1. The highest BCUT2D eigenvalue weighted by molar-refractivity contribution is 5.31. The van der Waals surface area contributed by atoms with Crippen molar-refractivity contribution in [3.63, 3.8) is 0 Å². The molecule has 0 atom stereocenters. The lowest BCUT2D eigenvalue weighted by atomic mass is 10.0. The van der Waals surface area contributed by atoms with Gasteiger partial charge < -0.3 is 14.0 Å². The molecule has 152 valence electrons. The van der Waals surface area contributed by atoms with Crippen LogP contribution in [0.4, 0.5) is 0 Å². The van der Waals surface area contributed by atoms with E-state index >= 15 is 0 Å². The number of quaternary nitrogens is 1. The second kappa shape index (κ2) is 11.1. The van der Waals surface area contributed by atoms with Gasteiger partial charge in [0.15, 0.2) is 0 Å². The van der Waals surface area contributed by atoms with Gasteiger partial charge in [-0.2, -0.15) is 0 Å². The molecule has 0 saturated carbocycles. The Kier molecular flexibility index (Phi) is 8.23. The summed E-state index contributed by atoms with van der Waals surface area (Å²) in [6.07, 6.45) is 7.45. The first-order valence-corrected chi connectivity index (χ1v) is 11.0. The van der Waals surface area contributed by atoms with E-state index in [2.05, 4.69) is 37.3 Å². The first-order chi connectivity index (χ1) is 13.8. The molecule has 1 aliphatic heterocycles. The fourth-order valence-corrected chi connectivity index (χ4v) is 4.17. The molecule has 2 aromatic rings. The number of ether oxygens (including phenoxy) is 2. The van der Waals surface area contributed by atoms with Crippen LogP contribution in [-0.4, -0.2) is 37.3 Å². The van der Waals surface area contributed by atoms with Gasteiger partial charge >= 0.3 is 0 Å². The Bertz CT molecular complexity index is 663. The van der Waals surface area contributed by atoms with Crippen molar-refractivity contribution in [3.8, 4) is 11.5 Å². The van der Waals surface area contributed by atoms with Gasteiger partial charge in [-0.3, -0.25) is 0 Å². The van der Waals surface area contributed by atoms with Gasteiger partial charge in [0.05, 0.1) is 32.8 Å². The molecule has 3 nitrogen and oxygen atoms in total. The third-order valence-electron chi connectivity index (χ3n) is 5.76. The minimum Gasteiger partial charge on any atom is -0.494 e. The van der Waals surface area contributed by atoms with E-state index in [1.807, 2.05) is 24.3 Å². The number of hydrogen-bond donors (Lipinski definition) is 0. The lowest BCUT2D eigenvalue weighted by Gasteiger charge is -2.42. The van der Waals surface area contributed by atoms with E-state index in [0.29, 0.717) is 0 Å². The molecule has 28 heavy (non-hydrogen) atoms. The molecule has 0 bridgehead atoms. The first-order valence-electron chi connectivity index (χ1n) is 11.0. The highest BCUT2D eigenvalue weighted by Gasteiger charge is 2.29. The molecule has 0 aromatic heterocycles. The van der Waals surface area contributed by atoms with E-state index in [4.69, 9.17) is 9.47 Å². The van der Waals surface area contributed by atoms with E-state index in [1.165, 1.54) is 48.9 Å². The maximum atomic E-state index is 6.01. The molecule has 0 unspecified atom stereocenters. The van der Waals surface area contributed by atoms with E-state index in [0.717, 1.165) is 50.5 Å². The SMILES string of the molecule is CCCCOc1ccc(OCCC[N+]2(Cc3ccccc3)CCCCC2)cc1. The maximum absolute atomic E-state index is 6.01. The summed E-state index contributed by atoms with van der Waals surface area (Å²) in [6, 6.07) is 19.1. The van der Waals surface area contributed by atoms with Crippen molar-refractivity contribution in [1.29, 1.82) is 0 Å². The molecule has 0 amide bonds. The summed E-state index contributed by atoms with van der Waals surface area (Å²) >= 11 is 0. The zero-order valence-corrected chi connectivity index (χ0v) is 17.4. The molecule has 0 radical (unpaired) electrons.